The predicted octanol–water partition coefficient (Wildman–Crippen LogP) is 5.52. The molecule has 6 rings (SSSR count). The molecule has 0 saturated carbocycles. The molecular formula is C32H35FN6O4S. The molecule has 3 aromatic heterocycles. The topological polar surface area (TPSA) is 102 Å². The molecular weight excluding hydrogens is 583 g/mol. The van der Waals surface area contributed by atoms with Gasteiger partial charge in [0.2, 0.25) is 11.9 Å². The molecule has 230 valence electrons. The number of nitrogens with one attached hydrogen (secondary N) is 1. The molecule has 1 atom stereocenters. The number of likely N-dealkylation sites (tertiary alicyclic amines) is 1. The summed E-state index contributed by atoms with van der Waals surface area (Å²) in [6.45, 7) is 4.23. The molecule has 2 amide bonds. The van der Waals surface area contributed by atoms with Crippen LogP contribution in [0.4, 0.5) is 15.2 Å². The Morgan fingerprint density at radius 1 is 1.09 bits per heavy atom. The second-order valence-electron chi connectivity index (χ2n) is 11.0. The lowest BCUT2D eigenvalue weighted by Gasteiger charge is -2.32. The number of thiazole rings is 1. The third kappa shape index (κ3) is 6.54. The molecule has 2 aliphatic rings. The minimum Gasteiger partial charge on any atom is -0.493 e. The normalized spacial score (nSPS) is 17.1. The summed E-state index contributed by atoms with van der Waals surface area (Å²) in [5.41, 5.74) is 3.10. The minimum absolute atomic E-state index is 0.0371. The van der Waals surface area contributed by atoms with E-state index in [2.05, 4.69) is 21.3 Å². The number of hydrogen-bond acceptors (Lipinski definition) is 8. The van der Waals surface area contributed by atoms with E-state index in [9.17, 15) is 14.0 Å². The molecule has 5 heterocycles. The first kappa shape index (κ1) is 29.6. The van der Waals surface area contributed by atoms with E-state index >= 15 is 0 Å². The van der Waals surface area contributed by atoms with Gasteiger partial charge in [-0.15, -0.1) is 11.3 Å². The molecule has 10 nitrogen and oxygen atoms in total. The fraction of sp³-hybridized carbons (Fsp3) is 0.375. The van der Waals surface area contributed by atoms with Crippen LogP contribution in [0.5, 0.6) is 11.5 Å². The third-order valence-corrected chi connectivity index (χ3v) is 8.98. The number of rotatable bonds is 9. The second-order valence-corrected chi connectivity index (χ2v) is 11.9. The molecule has 1 aromatic carbocycles. The van der Waals surface area contributed by atoms with Crippen molar-refractivity contribution in [2.24, 2.45) is 0 Å². The molecule has 2 saturated heterocycles. The number of hydrogen-bond donors (Lipinski definition) is 1. The zero-order chi connectivity index (χ0) is 30.6. The van der Waals surface area contributed by atoms with Crippen LogP contribution in [0.25, 0.3) is 0 Å². The summed E-state index contributed by atoms with van der Waals surface area (Å²) in [4.78, 5) is 37.4. The van der Waals surface area contributed by atoms with Crippen molar-refractivity contribution in [3.63, 3.8) is 0 Å². The number of anilines is 2. The number of amides is 2. The fourth-order valence-corrected chi connectivity index (χ4v) is 6.69. The van der Waals surface area contributed by atoms with Gasteiger partial charge in [0, 0.05) is 75.5 Å². The van der Waals surface area contributed by atoms with Gasteiger partial charge < -0.3 is 23.8 Å². The van der Waals surface area contributed by atoms with Crippen LogP contribution in [0, 0.1) is 5.95 Å². The molecule has 4 aromatic rings. The number of ether oxygens (including phenoxy) is 2. The molecule has 2 aliphatic heterocycles. The largest absolute Gasteiger partial charge is 0.493 e. The van der Waals surface area contributed by atoms with Crippen LogP contribution in [0.2, 0.25) is 0 Å². The number of benzene rings is 1. The highest BCUT2D eigenvalue weighted by atomic mass is 32.1. The molecule has 0 radical (unpaired) electrons. The van der Waals surface area contributed by atoms with Gasteiger partial charge in [0.1, 0.15) is 11.8 Å². The van der Waals surface area contributed by atoms with Crippen molar-refractivity contribution in [2.45, 2.75) is 51.3 Å². The van der Waals surface area contributed by atoms with E-state index < -0.39 is 5.95 Å². The summed E-state index contributed by atoms with van der Waals surface area (Å²) in [7, 11) is 1.65. The van der Waals surface area contributed by atoms with Crippen molar-refractivity contribution in [2.75, 3.05) is 37.0 Å². The Morgan fingerprint density at radius 3 is 2.70 bits per heavy atom. The highest BCUT2D eigenvalue weighted by molar-refractivity contribution is 7.14. The first-order valence-electron chi connectivity index (χ1n) is 14.8. The van der Waals surface area contributed by atoms with Gasteiger partial charge in [-0.25, -0.2) is 9.97 Å². The summed E-state index contributed by atoms with van der Waals surface area (Å²) < 4.78 is 27.3. The van der Waals surface area contributed by atoms with Gasteiger partial charge in [0.25, 0.3) is 5.91 Å². The third-order valence-electron chi connectivity index (χ3n) is 8.20. The fourth-order valence-electron chi connectivity index (χ4n) is 5.94. The Hall–Kier alpha value is -4.45. The van der Waals surface area contributed by atoms with Crippen molar-refractivity contribution in [1.29, 1.82) is 0 Å². The lowest BCUT2D eigenvalue weighted by molar-refractivity contribution is -0.130. The maximum absolute atomic E-state index is 13.6. The van der Waals surface area contributed by atoms with Crippen LogP contribution in [-0.4, -0.2) is 64.1 Å². The Kier molecular flexibility index (Phi) is 8.78. The molecule has 12 heteroatoms. The SMILES string of the molecule is COc1cc(N2CCC[C@@H]2c2csc(NC(=O)c3cccn3Cc3ccnc(F)c3)n2)ccc1OC1CCN(C(C)=O)CC1. The molecule has 0 spiro atoms. The van der Waals surface area contributed by atoms with E-state index in [0.29, 0.717) is 47.5 Å². The quantitative estimate of drug-likeness (QED) is 0.247. The van der Waals surface area contributed by atoms with E-state index in [-0.39, 0.29) is 24.0 Å². The van der Waals surface area contributed by atoms with E-state index in [1.54, 1.807) is 43.0 Å². The predicted molar refractivity (Wildman–Crippen MR) is 166 cm³/mol. The van der Waals surface area contributed by atoms with Crippen LogP contribution in [-0.2, 0) is 11.3 Å². The summed E-state index contributed by atoms with van der Waals surface area (Å²) in [6.07, 6.45) is 6.78. The van der Waals surface area contributed by atoms with Crippen LogP contribution in [0.15, 0.2) is 60.2 Å². The average Bonchev–Trinajstić information content (AvgIpc) is 3.79. The standard InChI is InChI=1S/C32H35FN6O4S/c1-21(40)37-15-10-24(11-16-37)43-28-8-7-23(18-29(28)42-2)39-14-4-5-26(39)25-20-44-32(35-25)36-31(41)27-6-3-13-38(27)19-22-9-12-34-30(33)17-22/h3,6-9,12-13,17-18,20,24,26H,4-5,10-11,14-16,19H2,1-2H3,(H,35,36,41)/t26-/m1/s1. The van der Waals surface area contributed by atoms with Gasteiger partial charge in [0.05, 0.1) is 18.8 Å². The summed E-state index contributed by atoms with van der Waals surface area (Å²) >= 11 is 1.40. The first-order valence-corrected chi connectivity index (χ1v) is 15.6. The number of methoxy groups -OCH3 is 1. The van der Waals surface area contributed by atoms with Gasteiger partial charge in [-0.1, -0.05) is 0 Å². The number of carbonyl (C=O) groups excluding carboxylic acids is 2. The Bertz CT molecular complexity index is 1630. The number of pyridine rings is 1. The average molecular weight is 619 g/mol. The highest BCUT2D eigenvalue weighted by Crippen LogP contribution is 2.41. The van der Waals surface area contributed by atoms with Crippen molar-refractivity contribution in [3.05, 3.63) is 83.1 Å². The van der Waals surface area contributed by atoms with E-state index in [4.69, 9.17) is 14.5 Å². The molecule has 2 fully saturated rings. The zero-order valence-corrected chi connectivity index (χ0v) is 25.6. The van der Waals surface area contributed by atoms with Crippen molar-refractivity contribution >= 4 is 34.0 Å². The molecule has 0 bridgehead atoms. The number of halogens is 1. The summed E-state index contributed by atoms with van der Waals surface area (Å²) in [5, 5.41) is 5.46. The monoisotopic (exact) mass is 618 g/mol. The van der Waals surface area contributed by atoms with Gasteiger partial charge in [-0.05, 0) is 54.8 Å². The van der Waals surface area contributed by atoms with Crippen LogP contribution < -0.4 is 19.7 Å². The van der Waals surface area contributed by atoms with E-state index in [1.165, 1.54) is 23.6 Å². The second kappa shape index (κ2) is 13.0. The van der Waals surface area contributed by atoms with E-state index in [0.717, 1.165) is 43.6 Å². The maximum Gasteiger partial charge on any atom is 0.274 e. The lowest BCUT2D eigenvalue weighted by Crippen LogP contribution is -2.40. The van der Waals surface area contributed by atoms with Gasteiger partial charge >= 0.3 is 0 Å². The van der Waals surface area contributed by atoms with E-state index in [1.807, 2.05) is 22.4 Å². The van der Waals surface area contributed by atoms with Crippen LogP contribution in [0.1, 0.15) is 60.4 Å². The van der Waals surface area contributed by atoms with Gasteiger partial charge in [-0.3, -0.25) is 14.9 Å². The minimum atomic E-state index is -0.553. The van der Waals surface area contributed by atoms with Gasteiger partial charge in [0.15, 0.2) is 16.6 Å². The number of carbonyl (C=O) groups is 2. The maximum atomic E-state index is 13.6. The van der Waals surface area contributed by atoms with Crippen molar-refractivity contribution in [3.8, 4) is 11.5 Å². The summed E-state index contributed by atoms with van der Waals surface area (Å²) in [6, 6.07) is 12.7. The summed E-state index contributed by atoms with van der Waals surface area (Å²) in [5.74, 6) is 0.645. The van der Waals surface area contributed by atoms with Gasteiger partial charge in [-0.2, -0.15) is 4.39 Å². The Labute approximate surface area is 259 Å². The molecule has 1 N–H and O–H groups in total. The lowest BCUT2D eigenvalue weighted by atomic mass is 10.1. The number of nitrogens with zero attached hydrogens (tertiary/aromatic N) is 5. The van der Waals surface area contributed by atoms with Crippen molar-refractivity contribution < 1.29 is 23.5 Å². The Morgan fingerprint density at radius 2 is 1.93 bits per heavy atom. The first-order chi connectivity index (χ1) is 21.4. The van der Waals surface area contributed by atoms with Crippen LogP contribution in [0.3, 0.4) is 0 Å². The molecule has 0 aliphatic carbocycles. The number of aromatic nitrogens is 3. The van der Waals surface area contributed by atoms with Crippen molar-refractivity contribution in [1.82, 2.24) is 19.4 Å². The Balaban J connectivity index is 1.11. The highest BCUT2D eigenvalue weighted by Gasteiger charge is 2.30. The smallest absolute Gasteiger partial charge is 0.274 e. The number of piperidine rings is 1. The zero-order valence-electron chi connectivity index (χ0n) is 24.7. The molecule has 0 unspecified atom stereocenters. The van der Waals surface area contributed by atoms with Crippen LogP contribution >= 0.6 is 11.3 Å². The molecule has 44 heavy (non-hydrogen) atoms.